The summed E-state index contributed by atoms with van der Waals surface area (Å²) in [4.78, 5) is 9.64. The van der Waals surface area contributed by atoms with E-state index >= 15 is 0 Å². The third kappa shape index (κ3) is 11.2. The SMILES string of the molecule is NC(=O)NSC(F)(F)F.[H-].[Na+]. The average molecular weight is 184 g/mol. The molecule has 0 unspecified atom stereocenters. The molecule has 0 aromatic heterocycles. The van der Waals surface area contributed by atoms with Gasteiger partial charge < -0.3 is 7.16 Å². The van der Waals surface area contributed by atoms with Crippen molar-refractivity contribution < 1.29 is 48.9 Å². The molecular formula is C2H4F3N2NaOS. The molecule has 0 bridgehead atoms. The molecule has 0 aliphatic carbocycles. The van der Waals surface area contributed by atoms with Crippen LogP contribution >= 0.6 is 11.9 Å². The molecule has 56 valence electrons. The van der Waals surface area contributed by atoms with Crippen LogP contribution in [0.2, 0.25) is 0 Å². The predicted octanol–water partition coefficient (Wildman–Crippen LogP) is -2.06. The molecule has 0 saturated heterocycles. The van der Waals surface area contributed by atoms with E-state index in [1.165, 1.54) is 4.72 Å². The molecule has 0 spiro atoms. The maximum Gasteiger partial charge on any atom is 1.00 e. The number of nitrogens with one attached hydrogen (secondary N) is 1. The average Bonchev–Trinajstić information content (AvgIpc) is 1.59. The number of urea groups is 1. The van der Waals surface area contributed by atoms with Crippen molar-refractivity contribution in [1.82, 2.24) is 4.72 Å². The monoisotopic (exact) mass is 184 g/mol. The summed E-state index contributed by atoms with van der Waals surface area (Å²) in [5, 5.41) is 0. The quantitative estimate of drug-likeness (QED) is 0.363. The number of rotatable bonds is 1. The molecule has 0 radical (unpaired) electrons. The fourth-order valence-corrected chi connectivity index (χ4v) is 0.324. The summed E-state index contributed by atoms with van der Waals surface area (Å²) >= 11 is -0.683. The molecule has 0 aliphatic heterocycles. The van der Waals surface area contributed by atoms with E-state index in [4.69, 9.17) is 0 Å². The van der Waals surface area contributed by atoms with Gasteiger partial charge in [-0.2, -0.15) is 13.2 Å². The first kappa shape index (κ1) is 13.0. The molecule has 0 aliphatic rings. The predicted molar refractivity (Wildman–Crippen MR) is 27.5 cm³/mol. The standard InChI is InChI=1S/C2H3F3N2OS.Na.H/c3-2(4,5)9-7-1(6)8;;/h(H3,6,7,8);;/q;+1;-1. The Labute approximate surface area is 82.8 Å². The number of hydrogen-bond acceptors (Lipinski definition) is 2. The molecule has 0 atom stereocenters. The van der Waals surface area contributed by atoms with Crippen molar-refractivity contribution in [2.45, 2.75) is 5.51 Å². The van der Waals surface area contributed by atoms with Crippen LogP contribution in [0.4, 0.5) is 18.0 Å². The van der Waals surface area contributed by atoms with Gasteiger partial charge >= 0.3 is 41.1 Å². The maximum atomic E-state index is 11.1. The maximum absolute atomic E-state index is 11.1. The molecule has 3 nitrogen and oxygen atoms in total. The van der Waals surface area contributed by atoms with Crippen molar-refractivity contribution in [3.8, 4) is 0 Å². The van der Waals surface area contributed by atoms with Crippen LogP contribution in [0.25, 0.3) is 0 Å². The van der Waals surface area contributed by atoms with Crippen LogP contribution < -0.4 is 40.0 Å². The number of nitrogens with two attached hydrogens (primary N) is 1. The second kappa shape index (κ2) is 5.11. The van der Waals surface area contributed by atoms with E-state index in [0.717, 1.165) is 0 Å². The Morgan fingerprint density at radius 1 is 1.60 bits per heavy atom. The second-order valence-electron chi connectivity index (χ2n) is 1.01. The summed E-state index contributed by atoms with van der Waals surface area (Å²) in [6.45, 7) is 0. The minimum absolute atomic E-state index is 0. The molecular weight excluding hydrogens is 180 g/mol. The molecule has 2 amide bonds. The van der Waals surface area contributed by atoms with Crippen LogP contribution in [0.5, 0.6) is 0 Å². The van der Waals surface area contributed by atoms with E-state index in [0.29, 0.717) is 0 Å². The van der Waals surface area contributed by atoms with Crippen molar-refractivity contribution in [3.05, 3.63) is 0 Å². The van der Waals surface area contributed by atoms with Gasteiger partial charge in [-0.05, 0) is 0 Å². The molecule has 0 heterocycles. The van der Waals surface area contributed by atoms with Crippen LogP contribution in [0.3, 0.4) is 0 Å². The Morgan fingerprint density at radius 2 is 2.00 bits per heavy atom. The van der Waals surface area contributed by atoms with E-state index in [-0.39, 0.29) is 31.0 Å². The van der Waals surface area contributed by atoms with Crippen LogP contribution in [-0.4, -0.2) is 11.5 Å². The van der Waals surface area contributed by atoms with Crippen LogP contribution in [-0.2, 0) is 0 Å². The van der Waals surface area contributed by atoms with Crippen molar-refractivity contribution in [2.24, 2.45) is 5.73 Å². The Hall–Kier alpha value is 0.410. The van der Waals surface area contributed by atoms with Crippen molar-refractivity contribution >= 4 is 18.0 Å². The Bertz CT molecular complexity index is 122. The number of hydrogen-bond donors (Lipinski definition) is 2. The van der Waals surface area contributed by atoms with Gasteiger partial charge in [0, 0.05) is 0 Å². The molecule has 0 aromatic carbocycles. The smallest absolute Gasteiger partial charge is 1.00 e. The zero-order chi connectivity index (χ0) is 7.49. The third-order valence-corrected chi connectivity index (χ3v) is 0.802. The van der Waals surface area contributed by atoms with Crippen LogP contribution in [0.1, 0.15) is 1.43 Å². The molecule has 0 rings (SSSR count). The van der Waals surface area contributed by atoms with E-state index in [1.807, 2.05) is 0 Å². The fraction of sp³-hybridized carbons (Fsp3) is 0.500. The largest absolute Gasteiger partial charge is 1.00 e. The van der Waals surface area contributed by atoms with Crippen molar-refractivity contribution in [2.75, 3.05) is 0 Å². The van der Waals surface area contributed by atoms with Crippen molar-refractivity contribution in [1.29, 1.82) is 0 Å². The number of amides is 2. The molecule has 8 heteroatoms. The second-order valence-corrected chi connectivity index (χ2v) is 1.89. The van der Waals surface area contributed by atoms with Crippen LogP contribution in [0.15, 0.2) is 0 Å². The summed E-state index contributed by atoms with van der Waals surface area (Å²) in [7, 11) is 0. The molecule has 0 aromatic rings. The third-order valence-electron chi connectivity index (χ3n) is 0.267. The van der Waals surface area contributed by atoms with E-state index in [2.05, 4.69) is 5.73 Å². The van der Waals surface area contributed by atoms with Gasteiger partial charge in [0.1, 0.15) is 0 Å². The van der Waals surface area contributed by atoms with Gasteiger partial charge in [0.15, 0.2) is 0 Å². The fourth-order valence-electron chi connectivity index (χ4n) is 0.108. The first-order valence-corrected chi connectivity index (χ1v) is 2.53. The first-order valence-electron chi connectivity index (χ1n) is 1.72. The molecule has 0 saturated carbocycles. The number of primary amides is 1. The number of carbonyl (C=O) groups excluding carboxylic acids is 1. The van der Waals surface area contributed by atoms with Gasteiger partial charge in [0.25, 0.3) is 0 Å². The summed E-state index contributed by atoms with van der Waals surface area (Å²) in [5.74, 6) is 0. The number of carbonyl (C=O) groups is 1. The van der Waals surface area contributed by atoms with Gasteiger partial charge in [-0.1, -0.05) is 0 Å². The van der Waals surface area contributed by atoms with Gasteiger partial charge in [0.05, 0.1) is 11.9 Å². The minimum Gasteiger partial charge on any atom is -1.00 e. The summed E-state index contributed by atoms with van der Waals surface area (Å²) in [6, 6.07) is -1.21. The summed E-state index contributed by atoms with van der Waals surface area (Å²) in [5.41, 5.74) is -0.135. The van der Waals surface area contributed by atoms with E-state index < -0.39 is 23.5 Å². The summed E-state index contributed by atoms with van der Waals surface area (Å²) < 4.78 is 34.6. The van der Waals surface area contributed by atoms with E-state index in [1.54, 1.807) is 0 Å². The topological polar surface area (TPSA) is 55.1 Å². The normalized spacial score (nSPS) is 9.90. The molecule has 0 fully saturated rings. The molecule has 3 N–H and O–H groups in total. The minimum atomic E-state index is -4.46. The Balaban J connectivity index is -0.000000320. The zero-order valence-corrected chi connectivity index (χ0v) is 7.84. The zero-order valence-electron chi connectivity index (χ0n) is 6.03. The number of alkyl halides is 3. The van der Waals surface area contributed by atoms with Crippen LogP contribution in [0, 0.1) is 0 Å². The Kier molecular flexibility index (Phi) is 6.66. The molecule has 10 heavy (non-hydrogen) atoms. The Morgan fingerprint density at radius 3 is 2.10 bits per heavy atom. The van der Waals surface area contributed by atoms with E-state index in [9.17, 15) is 18.0 Å². The number of halogens is 3. The van der Waals surface area contributed by atoms with Gasteiger partial charge in [0.2, 0.25) is 0 Å². The van der Waals surface area contributed by atoms with Crippen molar-refractivity contribution in [3.63, 3.8) is 0 Å². The first-order chi connectivity index (χ1) is 3.92. The van der Waals surface area contributed by atoms with Gasteiger partial charge in [-0.3, -0.25) is 4.72 Å². The van der Waals surface area contributed by atoms with Gasteiger partial charge in [-0.25, -0.2) is 4.79 Å². The van der Waals surface area contributed by atoms with Gasteiger partial charge in [-0.15, -0.1) is 0 Å². The summed E-state index contributed by atoms with van der Waals surface area (Å²) in [6.07, 6.45) is 0.